The van der Waals surface area contributed by atoms with Crippen LogP contribution in [0.5, 0.6) is 0 Å². The Morgan fingerprint density at radius 2 is 2.23 bits per heavy atom. The zero-order valence-electron chi connectivity index (χ0n) is 8.58. The molecule has 0 spiro atoms. The summed E-state index contributed by atoms with van der Waals surface area (Å²) in [5.41, 5.74) is 6.22. The van der Waals surface area contributed by atoms with Crippen molar-refractivity contribution in [2.75, 3.05) is 0 Å². The lowest BCUT2D eigenvalue weighted by atomic mass is 9.85. The number of hydrogen-bond acceptors (Lipinski definition) is 1. The van der Waals surface area contributed by atoms with Gasteiger partial charge in [-0.05, 0) is 37.0 Å². The standard InChI is InChI=1S/C12H21N/c1-2-3-4-12(13)11-8-9-5-6-10(11)7-9/h5-6,9-12H,2-4,7-8,13H2,1H3. The Balaban J connectivity index is 1.84. The van der Waals surface area contributed by atoms with Crippen molar-refractivity contribution in [3.63, 3.8) is 0 Å². The molecule has 0 radical (unpaired) electrons. The van der Waals surface area contributed by atoms with Crippen molar-refractivity contribution >= 4 is 0 Å². The summed E-state index contributed by atoms with van der Waals surface area (Å²) in [7, 11) is 0. The lowest BCUT2D eigenvalue weighted by molar-refractivity contribution is 0.342. The topological polar surface area (TPSA) is 26.0 Å². The van der Waals surface area contributed by atoms with Crippen molar-refractivity contribution in [1.29, 1.82) is 0 Å². The third kappa shape index (κ3) is 1.80. The van der Waals surface area contributed by atoms with E-state index in [2.05, 4.69) is 19.1 Å². The minimum Gasteiger partial charge on any atom is -0.327 e. The van der Waals surface area contributed by atoms with Gasteiger partial charge in [-0.15, -0.1) is 0 Å². The van der Waals surface area contributed by atoms with E-state index in [4.69, 9.17) is 5.73 Å². The van der Waals surface area contributed by atoms with Crippen LogP contribution in [0.25, 0.3) is 0 Å². The van der Waals surface area contributed by atoms with Crippen molar-refractivity contribution in [1.82, 2.24) is 0 Å². The Kier molecular flexibility index (Phi) is 2.73. The molecule has 2 bridgehead atoms. The van der Waals surface area contributed by atoms with E-state index in [1.54, 1.807) is 0 Å². The predicted molar refractivity (Wildman–Crippen MR) is 56.3 cm³/mol. The van der Waals surface area contributed by atoms with Crippen LogP contribution in [0.4, 0.5) is 0 Å². The second-order valence-corrected chi connectivity index (χ2v) is 4.75. The molecule has 0 amide bonds. The van der Waals surface area contributed by atoms with Gasteiger partial charge in [0.25, 0.3) is 0 Å². The zero-order chi connectivity index (χ0) is 9.26. The quantitative estimate of drug-likeness (QED) is 0.660. The Hall–Kier alpha value is -0.300. The van der Waals surface area contributed by atoms with Crippen LogP contribution in [-0.2, 0) is 0 Å². The van der Waals surface area contributed by atoms with E-state index in [0.29, 0.717) is 6.04 Å². The van der Waals surface area contributed by atoms with Gasteiger partial charge in [0.05, 0.1) is 0 Å². The molecule has 0 aliphatic heterocycles. The van der Waals surface area contributed by atoms with E-state index < -0.39 is 0 Å². The molecule has 0 aromatic rings. The molecule has 1 saturated carbocycles. The molecule has 2 N–H and O–H groups in total. The fourth-order valence-corrected chi connectivity index (χ4v) is 2.97. The van der Waals surface area contributed by atoms with E-state index in [-0.39, 0.29) is 0 Å². The van der Waals surface area contributed by atoms with Gasteiger partial charge < -0.3 is 5.73 Å². The fourth-order valence-electron chi connectivity index (χ4n) is 2.97. The van der Waals surface area contributed by atoms with E-state index in [9.17, 15) is 0 Å². The lowest BCUT2D eigenvalue weighted by Gasteiger charge is -2.24. The maximum Gasteiger partial charge on any atom is 0.00729 e. The van der Waals surface area contributed by atoms with E-state index >= 15 is 0 Å². The highest BCUT2D eigenvalue weighted by atomic mass is 14.7. The second-order valence-electron chi connectivity index (χ2n) is 4.75. The largest absolute Gasteiger partial charge is 0.327 e. The third-order valence-corrected chi connectivity index (χ3v) is 3.77. The molecule has 13 heavy (non-hydrogen) atoms. The van der Waals surface area contributed by atoms with Gasteiger partial charge in [-0.25, -0.2) is 0 Å². The summed E-state index contributed by atoms with van der Waals surface area (Å²) < 4.78 is 0. The molecule has 2 aliphatic rings. The normalized spacial score (nSPS) is 38.5. The predicted octanol–water partition coefficient (Wildman–Crippen LogP) is 2.72. The summed E-state index contributed by atoms with van der Waals surface area (Å²) in [6.07, 6.45) is 11.4. The van der Waals surface area contributed by atoms with Crippen LogP contribution in [0.3, 0.4) is 0 Å². The zero-order valence-corrected chi connectivity index (χ0v) is 8.58. The number of rotatable bonds is 4. The SMILES string of the molecule is CCCCC(N)C1CC2C=CC1C2. The van der Waals surface area contributed by atoms with Crippen LogP contribution in [0.1, 0.15) is 39.0 Å². The third-order valence-electron chi connectivity index (χ3n) is 3.77. The molecule has 4 unspecified atom stereocenters. The first-order valence-corrected chi connectivity index (χ1v) is 5.75. The summed E-state index contributed by atoms with van der Waals surface area (Å²) >= 11 is 0. The molecule has 1 fully saturated rings. The average Bonchev–Trinajstić information content (AvgIpc) is 2.74. The smallest absolute Gasteiger partial charge is 0.00729 e. The van der Waals surface area contributed by atoms with Gasteiger partial charge in [-0.3, -0.25) is 0 Å². The molecule has 1 heteroatoms. The van der Waals surface area contributed by atoms with E-state index in [1.165, 1.54) is 32.1 Å². The summed E-state index contributed by atoms with van der Waals surface area (Å²) in [6.45, 7) is 2.24. The first-order valence-electron chi connectivity index (χ1n) is 5.75. The Morgan fingerprint density at radius 3 is 2.77 bits per heavy atom. The summed E-state index contributed by atoms with van der Waals surface area (Å²) in [6, 6.07) is 0.472. The van der Waals surface area contributed by atoms with Crippen molar-refractivity contribution in [2.24, 2.45) is 23.5 Å². The molecular weight excluding hydrogens is 158 g/mol. The van der Waals surface area contributed by atoms with Crippen LogP contribution in [0.15, 0.2) is 12.2 Å². The highest BCUT2D eigenvalue weighted by Crippen LogP contribution is 2.45. The van der Waals surface area contributed by atoms with Crippen molar-refractivity contribution in [3.8, 4) is 0 Å². The monoisotopic (exact) mass is 179 g/mol. The molecule has 2 rings (SSSR count). The van der Waals surface area contributed by atoms with Gasteiger partial charge in [-0.1, -0.05) is 31.9 Å². The van der Waals surface area contributed by atoms with Crippen molar-refractivity contribution in [3.05, 3.63) is 12.2 Å². The maximum atomic E-state index is 6.22. The van der Waals surface area contributed by atoms with Gasteiger partial charge in [0, 0.05) is 6.04 Å². The maximum absolute atomic E-state index is 6.22. The molecule has 0 saturated heterocycles. The molecule has 4 atom stereocenters. The summed E-state index contributed by atoms with van der Waals surface area (Å²) in [4.78, 5) is 0. The second kappa shape index (κ2) is 3.83. The first-order chi connectivity index (χ1) is 6.31. The average molecular weight is 179 g/mol. The van der Waals surface area contributed by atoms with Gasteiger partial charge in [-0.2, -0.15) is 0 Å². The molecule has 2 aliphatic carbocycles. The molecule has 0 heterocycles. The van der Waals surface area contributed by atoms with Crippen molar-refractivity contribution < 1.29 is 0 Å². The fraction of sp³-hybridized carbons (Fsp3) is 0.833. The highest BCUT2D eigenvalue weighted by Gasteiger charge is 2.38. The van der Waals surface area contributed by atoms with Gasteiger partial charge in [0.15, 0.2) is 0 Å². The Bertz CT molecular complexity index is 197. The highest BCUT2D eigenvalue weighted by molar-refractivity contribution is 5.11. The van der Waals surface area contributed by atoms with Crippen LogP contribution in [0.2, 0.25) is 0 Å². The molecular formula is C12H21N. The Labute approximate surface area is 81.4 Å². The van der Waals surface area contributed by atoms with Crippen LogP contribution >= 0.6 is 0 Å². The number of nitrogens with two attached hydrogens (primary N) is 1. The molecule has 0 aromatic carbocycles. The van der Waals surface area contributed by atoms with Crippen LogP contribution < -0.4 is 5.73 Å². The Morgan fingerprint density at radius 1 is 1.38 bits per heavy atom. The minimum atomic E-state index is 0.472. The summed E-state index contributed by atoms with van der Waals surface area (Å²) in [5, 5.41) is 0. The van der Waals surface area contributed by atoms with Crippen molar-refractivity contribution in [2.45, 2.75) is 45.1 Å². The number of hydrogen-bond donors (Lipinski definition) is 1. The van der Waals surface area contributed by atoms with Gasteiger partial charge in [0.1, 0.15) is 0 Å². The number of fused-ring (bicyclic) bond motifs is 2. The van der Waals surface area contributed by atoms with E-state index in [0.717, 1.165) is 17.8 Å². The number of allylic oxidation sites excluding steroid dienone is 2. The van der Waals surface area contributed by atoms with Crippen LogP contribution in [0, 0.1) is 17.8 Å². The molecule has 0 aromatic heterocycles. The van der Waals surface area contributed by atoms with Gasteiger partial charge in [0.2, 0.25) is 0 Å². The van der Waals surface area contributed by atoms with E-state index in [1.807, 2.05) is 0 Å². The number of unbranched alkanes of at least 4 members (excludes halogenated alkanes) is 1. The minimum absolute atomic E-state index is 0.472. The first kappa shape index (κ1) is 9.26. The van der Waals surface area contributed by atoms with Gasteiger partial charge >= 0.3 is 0 Å². The van der Waals surface area contributed by atoms with Crippen LogP contribution in [-0.4, -0.2) is 6.04 Å². The molecule has 1 nitrogen and oxygen atoms in total. The lowest BCUT2D eigenvalue weighted by Crippen LogP contribution is -2.32. The summed E-state index contributed by atoms with van der Waals surface area (Å²) in [5.74, 6) is 2.51. The molecule has 74 valence electrons.